The Labute approximate surface area is 119 Å². The van der Waals surface area contributed by atoms with Gasteiger partial charge < -0.3 is 15.0 Å². The molecule has 0 heterocycles. The fraction of sp³-hybridized carbons (Fsp3) is 0.786. The molecule has 0 saturated heterocycles. The molecule has 1 aliphatic carbocycles. The van der Waals surface area contributed by atoms with Crippen molar-refractivity contribution in [1.82, 2.24) is 10.2 Å². The quantitative estimate of drug-likeness (QED) is 0.734. The van der Waals surface area contributed by atoms with Crippen molar-refractivity contribution in [1.29, 1.82) is 0 Å². The molecule has 0 atom stereocenters. The van der Waals surface area contributed by atoms with Gasteiger partial charge in [-0.25, -0.2) is 0 Å². The van der Waals surface area contributed by atoms with Crippen LogP contribution in [0.4, 0.5) is 0 Å². The maximum atomic E-state index is 11.8. The minimum atomic E-state index is -0.545. The first-order valence-corrected chi connectivity index (χ1v) is 6.92. The molecule has 0 aromatic rings. The second-order valence-corrected chi connectivity index (χ2v) is 6.18. The third kappa shape index (κ3) is 7.11. The Bertz CT molecular complexity index is 383. The molecule has 6 heteroatoms. The highest BCUT2D eigenvalue weighted by molar-refractivity contribution is 5.86. The lowest BCUT2D eigenvalue weighted by Crippen LogP contribution is -2.39. The van der Waals surface area contributed by atoms with Gasteiger partial charge in [-0.05, 0) is 33.6 Å². The van der Waals surface area contributed by atoms with Crippen LogP contribution in [0.5, 0.6) is 0 Å². The number of nitrogens with zero attached hydrogens (tertiary/aromatic N) is 1. The number of amides is 2. The standard InChI is InChI=1S/C14H24N2O4/c1-14(2,3)20-13(19)8-7-12(18)16(4)9-11(17)15-10-5-6-10/h10H,5-9H2,1-4H3,(H,15,17). The van der Waals surface area contributed by atoms with E-state index in [1.807, 2.05) is 0 Å². The van der Waals surface area contributed by atoms with Crippen molar-refractivity contribution >= 4 is 17.8 Å². The molecular formula is C14H24N2O4. The summed E-state index contributed by atoms with van der Waals surface area (Å²) in [6.07, 6.45) is 2.12. The van der Waals surface area contributed by atoms with Crippen LogP contribution in [0.25, 0.3) is 0 Å². The summed E-state index contributed by atoms with van der Waals surface area (Å²) < 4.78 is 5.12. The van der Waals surface area contributed by atoms with Crippen LogP contribution in [0.1, 0.15) is 46.5 Å². The van der Waals surface area contributed by atoms with Gasteiger partial charge in [0.15, 0.2) is 0 Å². The van der Waals surface area contributed by atoms with Gasteiger partial charge in [-0.15, -0.1) is 0 Å². The van der Waals surface area contributed by atoms with Crippen LogP contribution in [-0.4, -0.2) is 47.9 Å². The zero-order chi connectivity index (χ0) is 15.3. The fourth-order valence-corrected chi connectivity index (χ4v) is 1.60. The monoisotopic (exact) mass is 284 g/mol. The molecule has 20 heavy (non-hydrogen) atoms. The molecule has 0 bridgehead atoms. The van der Waals surface area contributed by atoms with Gasteiger partial charge in [-0.2, -0.15) is 0 Å². The summed E-state index contributed by atoms with van der Waals surface area (Å²) in [5.74, 6) is -0.788. The van der Waals surface area contributed by atoms with Gasteiger partial charge in [0.05, 0.1) is 13.0 Å². The van der Waals surface area contributed by atoms with Gasteiger partial charge in [0.25, 0.3) is 0 Å². The number of carbonyl (C=O) groups is 3. The third-order valence-electron chi connectivity index (χ3n) is 2.71. The fourth-order valence-electron chi connectivity index (χ4n) is 1.60. The van der Waals surface area contributed by atoms with Gasteiger partial charge >= 0.3 is 5.97 Å². The summed E-state index contributed by atoms with van der Waals surface area (Å²) >= 11 is 0. The smallest absolute Gasteiger partial charge is 0.306 e. The van der Waals surface area contributed by atoms with E-state index in [0.29, 0.717) is 0 Å². The predicted molar refractivity (Wildman–Crippen MR) is 73.9 cm³/mol. The average molecular weight is 284 g/mol. The minimum Gasteiger partial charge on any atom is -0.460 e. The molecule has 0 spiro atoms. The van der Waals surface area contributed by atoms with Crippen LogP contribution in [0.15, 0.2) is 0 Å². The molecule has 2 amide bonds. The lowest BCUT2D eigenvalue weighted by molar-refractivity contribution is -0.156. The lowest BCUT2D eigenvalue weighted by Gasteiger charge is -2.20. The Morgan fingerprint density at radius 3 is 2.30 bits per heavy atom. The molecular weight excluding hydrogens is 260 g/mol. The van der Waals surface area contributed by atoms with Gasteiger partial charge in [0.2, 0.25) is 11.8 Å². The van der Waals surface area contributed by atoms with Crippen LogP contribution in [0.3, 0.4) is 0 Å². The van der Waals surface area contributed by atoms with Crippen LogP contribution in [-0.2, 0) is 19.1 Å². The number of esters is 1. The lowest BCUT2D eigenvalue weighted by atomic mass is 10.2. The van der Waals surface area contributed by atoms with Crippen molar-refractivity contribution in [3.63, 3.8) is 0 Å². The minimum absolute atomic E-state index is 0.0314. The van der Waals surface area contributed by atoms with E-state index in [1.54, 1.807) is 27.8 Å². The number of nitrogens with one attached hydrogen (secondary N) is 1. The maximum Gasteiger partial charge on any atom is 0.306 e. The number of hydrogen-bond acceptors (Lipinski definition) is 4. The second kappa shape index (κ2) is 6.72. The molecule has 6 nitrogen and oxygen atoms in total. The number of rotatable bonds is 6. The third-order valence-corrected chi connectivity index (χ3v) is 2.71. The van der Waals surface area contributed by atoms with Gasteiger partial charge in [-0.3, -0.25) is 14.4 Å². The van der Waals surface area contributed by atoms with E-state index >= 15 is 0 Å². The maximum absolute atomic E-state index is 11.8. The van der Waals surface area contributed by atoms with Crippen molar-refractivity contribution in [2.45, 2.75) is 58.1 Å². The van der Waals surface area contributed by atoms with E-state index in [-0.39, 0.29) is 37.2 Å². The Morgan fingerprint density at radius 2 is 1.80 bits per heavy atom. The molecule has 0 aromatic heterocycles. The van der Waals surface area contributed by atoms with Crippen LogP contribution >= 0.6 is 0 Å². The first kappa shape index (κ1) is 16.5. The van der Waals surface area contributed by atoms with Crippen molar-refractivity contribution in [2.75, 3.05) is 13.6 Å². The number of likely N-dealkylation sites (N-methyl/N-ethyl adjacent to an activating group) is 1. The molecule has 1 fully saturated rings. The van der Waals surface area contributed by atoms with E-state index in [0.717, 1.165) is 12.8 Å². The highest BCUT2D eigenvalue weighted by atomic mass is 16.6. The average Bonchev–Trinajstić information content (AvgIpc) is 3.06. The SMILES string of the molecule is CN(CC(=O)NC1CC1)C(=O)CCC(=O)OC(C)(C)C. The Kier molecular flexibility index (Phi) is 5.53. The molecule has 0 aromatic carbocycles. The molecule has 1 saturated carbocycles. The molecule has 1 rings (SSSR count). The first-order chi connectivity index (χ1) is 9.17. The van der Waals surface area contributed by atoms with Crippen molar-refractivity contribution < 1.29 is 19.1 Å². The largest absolute Gasteiger partial charge is 0.460 e. The second-order valence-electron chi connectivity index (χ2n) is 6.18. The zero-order valence-electron chi connectivity index (χ0n) is 12.7. The summed E-state index contributed by atoms with van der Waals surface area (Å²) in [4.78, 5) is 36.2. The van der Waals surface area contributed by atoms with E-state index in [4.69, 9.17) is 4.74 Å². The molecule has 114 valence electrons. The summed E-state index contributed by atoms with van der Waals surface area (Å²) in [7, 11) is 1.56. The van der Waals surface area contributed by atoms with E-state index < -0.39 is 11.6 Å². The first-order valence-electron chi connectivity index (χ1n) is 6.92. The van der Waals surface area contributed by atoms with E-state index in [9.17, 15) is 14.4 Å². The van der Waals surface area contributed by atoms with Crippen molar-refractivity contribution in [3.8, 4) is 0 Å². The van der Waals surface area contributed by atoms with Crippen LogP contribution in [0, 0.1) is 0 Å². The topological polar surface area (TPSA) is 75.7 Å². The summed E-state index contributed by atoms with van der Waals surface area (Å²) in [5, 5.41) is 2.81. The summed E-state index contributed by atoms with van der Waals surface area (Å²) in [5.41, 5.74) is -0.545. The Hall–Kier alpha value is -1.59. The molecule has 0 aliphatic heterocycles. The molecule has 1 N–H and O–H groups in total. The van der Waals surface area contributed by atoms with Crippen molar-refractivity contribution in [3.05, 3.63) is 0 Å². The van der Waals surface area contributed by atoms with E-state index in [2.05, 4.69) is 5.32 Å². The summed E-state index contributed by atoms with van der Waals surface area (Å²) in [6.45, 7) is 5.37. The number of carbonyl (C=O) groups excluding carboxylic acids is 3. The Morgan fingerprint density at radius 1 is 1.20 bits per heavy atom. The zero-order valence-corrected chi connectivity index (χ0v) is 12.7. The van der Waals surface area contributed by atoms with Gasteiger partial charge in [0.1, 0.15) is 5.60 Å². The van der Waals surface area contributed by atoms with E-state index in [1.165, 1.54) is 4.90 Å². The molecule has 0 radical (unpaired) electrons. The Balaban J connectivity index is 2.23. The van der Waals surface area contributed by atoms with Crippen LogP contribution < -0.4 is 5.32 Å². The predicted octanol–water partition coefficient (Wildman–Crippen LogP) is 0.845. The summed E-state index contributed by atoms with van der Waals surface area (Å²) in [6, 6.07) is 0.285. The van der Waals surface area contributed by atoms with Crippen LogP contribution in [0.2, 0.25) is 0 Å². The highest BCUT2D eigenvalue weighted by Gasteiger charge is 2.24. The molecule has 0 unspecified atom stereocenters. The highest BCUT2D eigenvalue weighted by Crippen LogP contribution is 2.18. The van der Waals surface area contributed by atoms with Gasteiger partial charge in [0, 0.05) is 19.5 Å². The normalized spacial score (nSPS) is 14.6. The number of ether oxygens (including phenoxy) is 1. The van der Waals surface area contributed by atoms with Gasteiger partial charge in [-0.1, -0.05) is 0 Å². The number of hydrogen-bond donors (Lipinski definition) is 1. The van der Waals surface area contributed by atoms with Crippen molar-refractivity contribution in [2.24, 2.45) is 0 Å². The molecule has 1 aliphatic rings.